The number of aryl methyl sites for hydroxylation is 4. The Balaban J connectivity index is 0.991. The number of hydrogen-bond donors (Lipinski definition) is 0. The van der Waals surface area contributed by atoms with Crippen molar-refractivity contribution in [3.63, 3.8) is 0 Å². The van der Waals surface area contributed by atoms with E-state index in [1.165, 1.54) is 125 Å². The van der Waals surface area contributed by atoms with Crippen LogP contribution in [0.1, 0.15) is 52.8 Å². The van der Waals surface area contributed by atoms with Crippen LogP contribution in [0.5, 0.6) is 0 Å². The maximum absolute atomic E-state index is 3.28. The fourth-order valence-electron chi connectivity index (χ4n) is 20.1. The van der Waals surface area contributed by atoms with E-state index < -0.39 is 16.1 Å². The summed E-state index contributed by atoms with van der Waals surface area (Å²) in [6.45, 7) is 14.0. The average Bonchev–Trinajstić information content (AvgIpc) is 0.683. The van der Waals surface area contributed by atoms with Crippen molar-refractivity contribution in [3.05, 3.63) is 451 Å². The first-order chi connectivity index (χ1) is 56.9. The van der Waals surface area contributed by atoms with Crippen LogP contribution in [-0.4, -0.2) is 22.9 Å². The standard InChI is InChI=1S/C110H88BN3Si2/c1-76-35-29-39-80(67-76)93-55-33-56-94(81-40-30-36-77(2)68-81)97(93)75-112-104-73-91(115(85-43-13-7-14-44-85,86-45-15-8-16-46-86)87-47-17-9-18-48-87)63-65-100(104)111-101-66-64-92(116(88-49-19-10-20-50-88,89-51-21-11-22-52-89)90-53-23-12-24-54-90)74-105(101)114(109-95(82-41-31-37-78(3)69-82)57-34-58-96(109)83-42-32-38-79(4)70-83)107-72-84(71-106(112)108(107)111)113-102-61-27-25-59-98(102)110(5,6)99-60-26-28-62-103(99)113/h7-74H,75H2,1-6H3. The molecular formula is C110H88BN3Si2. The summed E-state index contributed by atoms with van der Waals surface area (Å²) in [7, 11) is -6.52. The molecule has 17 aromatic carbocycles. The maximum atomic E-state index is 2.81. The number of benzene rings is 17. The molecule has 0 bridgehead atoms. The lowest BCUT2D eigenvalue weighted by Gasteiger charge is -2.47. The molecule has 3 heterocycles. The molecule has 3 aliphatic rings. The topological polar surface area (TPSA) is 9.72 Å². The van der Waals surface area contributed by atoms with Crippen LogP contribution in [0.2, 0.25) is 0 Å². The fraction of sp³-hybridized carbons (Fsp3) is 0.0727. The van der Waals surface area contributed by atoms with Crippen LogP contribution >= 0.6 is 0 Å². The summed E-state index contributed by atoms with van der Waals surface area (Å²) in [5.74, 6) is 0. The Morgan fingerprint density at radius 1 is 0.259 bits per heavy atom. The van der Waals surface area contributed by atoms with Crippen LogP contribution < -0.4 is 72.6 Å². The quantitative estimate of drug-likeness (QED) is 0.0705. The van der Waals surface area contributed by atoms with Gasteiger partial charge in [-0.05, 0) is 172 Å². The van der Waals surface area contributed by atoms with E-state index in [1.807, 2.05) is 0 Å². The molecule has 0 spiro atoms. The minimum Gasteiger partial charge on any atom is -0.338 e. The summed E-state index contributed by atoms with van der Waals surface area (Å²) < 4.78 is 0. The van der Waals surface area contributed by atoms with Gasteiger partial charge in [0.2, 0.25) is 0 Å². The van der Waals surface area contributed by atoms with Crippen LogP contribution in [0.3, 0.4) is 0 Å². The van der Waals surface area contributed by atoms with Crippen molar-refractivity contribution in [3.8, 4) is 44.5 Å². The molecule has 554 valence electrons. The Bertz CT molecular complexity index is 6240. The highest BCUT2D eigenvalue weighted by molar-refractivity contribution is 7.20. The third-order valence-electron chi connectivity index (χ3n) is 25.2. The van der Waals surface area contributed by atoms with Gasteiger partial charge in [0.25, 0.3) is 6.71 Å². The first-order valence-electron chi connectivity index (χ1n) is 40.8. The highest BCUT2D eigenvalue weighted by atomic mass is 28.3. The van der Waals surface area contributed by atoms with Gasteiger partial charge in [0.1, 0.15) is 0 Å². The molecule has 3 aliphatic heterocycles. The number of hydrogen-bond acceptors (Lipinski definition) is 3. The maximum Gasteiger partial charge on any atom is 0.252 e. The normalized spacial score (nSPS) is 13.1. The van der Waals surface area contributed by atoms with Gasteiger partial charge in [-0.1, -0.05) is 412 Å². The Hall–Kier alpha value is -13.4. The van der Waals surface area contributed by atoms with E-state index in [1.54, 1.807) is 0 Å². The van der Waals surface area contributed by atoms with Gasteiger partial charge in [-0.15, -0.1) is 0 Å². The summed E-state index contributed by atoms with van der Waals surface area (Å²) in [4.78, 5) is 8.22. The van der Waals surface area contributed by atoms with Gasteiger partial charge in [0.05, 0.1) is 22.7 Å². The molecule has 0 saturated carbocycles. The van der Waals surface area contributed by atoms with E-state index in [4.69, 9.17) is 0 Å². The second-order valence-electron chi connectivity index (χ2n) is 32.5. The first kappa shape index (κ1) is 71.7. The predicted molar refractivity (Wildman–Crippen MR) is 499 cm³/mol. The van der Waals surface area contributed by atoms with E-state index in [9.17, 15) is 0 Å². The van der Waals surface area contributed by atoms with Crippen LogP contribution in [0.15, 0.2) is 413 Å². The summed E-state index contributed by atoms with van der Waals surface area (Å²) in [6.07, 6.45) is 0. The van der Waals surface area contributed by atoms with Gasteiger partial charge in [0.15, 0.2) is 16.1 Å². The summed E-state index contributed by atoms with van der Waals surface area (Å²) in [5.41, 5.74) is 30.6. The van der Waals surface area contributed by atoms with Crippen LogP contribution in [0.4, 0.5) is 45.5 Å². The van der Waals surface area contributed by atoms with Crippen molar-refractivity contribution < 1.29 is 0 Å². The van der Waals surface area contributed by atoms with E-state index in [0.717, 1.165) is 62.1 Å². The molecule has 0 aromatic heterocycles. The molecule has 0 fully saturated rings. The van der Waals surface area contributed by atoms with Crippen molar-refractivity contribution in [1.82, 2.24) is 0 Å². The molecular weight excluding hydrogens is 1430 g/mol. The monoisotopic (exact) mass is 1520 g/mol. The molecule has 0 aliphatic carbocycles. The van der Waals surface area contributed by atoms with Crippen molar-refractivity contribution >= 4 is 126 Å². The van der Waals surface area contributed by atoms with Gasteiger partial charge in [0, 0.05) is 45.8 Å². The Labute approximate surface area is 685 Å². The van der Waals surface area contributed by atoms with E-state index in [0.29, 0.717) is 6.54 Å². The SMILES string of the molecule is Cc1cccc(-c2cccc(-c3cccc(C)c3)c2CN2c3cc([Si](c4ccccc4)(c4ccccc4)c4ccccc4)ccc3B3c4ccc([Si](c5ccccc5)(c5ccccc5)c5ccccc5)cc4N(c4c(-c5cccc(C)c5)cccc4-c4cccc(C)c4)c4cc(N5c6ccccc6C(C)(C)c6ccccc65)cc2c43)c1. The fourth-order valence-corrected chi connectivity index (χ4v) is 29.6. The Kier molecular flexibility index (Phi) is 18.1. The molecule has 0 amide bonds. The minimum absolute atomic E-state index is 0.297. The van der Waals surface area contributed by atoms with E-state index in [-0.39, 0.29) is 12.1 Å². The largest absolute Gasteiger partial charge is 0.338 e. The molecule has 116 heavy (non-hydrogen) atoms. The van der Waals surface area contributed by atoms with E-state index >= 15 is 0 Å². The third kappa shape index (κ3) is 11.8. The number of para-hydroxylation sites is 3. The molecule has 0 radical (unpaired) electrons. The average molecular weight is 1520 g/mol. The van der Waals surface area contributed by atoms with Gasteiger partial charge in [-0.3, -0.25) is 0 Å². The molecule has 3 nitrogen and oxygen atoms in total. The van der Waals surface area contributed by atoms with Crippen molar-refractivity contribution in [1.29, 1.82) is 0 Å². The molecule has 0 unspecified atom stereocenters. The number of anilines is 8. The molecule has 6 heteroatoms. The van der Waals surface area contributed by atoms with Crippen LogP contribution in [0.25, 0.3) is 44.5 Å². The smallest absolute Gasteiger partial charge is 0.252 e. The minimum atomic E-state index is -3.28. The van der Waals surface area contributed by atoms with Crippen molar-refractivity contribution in [2.45, 2.75) is 53.5 Å². The molecule has 20 rings (SSSR count). The summed E-state index contributed by atoms with van der Waals surface area (Å²) >= 11 is 0. The van der Waals surface area contributed by atoms with Crippen LogP contribution in [-0.2, 0) is 12.0 Å². The Morgan fingerprint density at radius 3 is 0.974 bits per heavy atom. The zero-order valence-corrected chi connectivity index (χ0v) is 68.4. The molecule has 17 aromatic rings. The van der Waals surface area contributed by atoms with E-state index in [2.05, 4.69) is 469 Å². The van der Waals surface area contributed by atoms with Gasteiger partial charge in [-0.25, -0.2) is 0 Å². The predicted octanol–water partition coefficient (Wildman–Crippen LogP) is 20.4. The zero-order chi connectivity index (χ0) is 78.2. The lowest BCUT2D eigenvalue weighted by molar-refractivity contribution is 0.632. The van der Waals surface area contributed by atoms with Gasteiger partial charge in [-0.2, -0.15) is 0 Å². The van der Waals surface area contributed by atoms with Gasteiger partial charge < -0.3 is 14.7 Å². The first-order valence-corrected chi connectivity index (χ1v) is 44.8. The Morgan fingerprint density at radius 2 is 0.586 bits per heavy atom. The summed E-state index contributed by atoms with van der Waals surface area (Å²) in [6, 6.07) is 159. The van der Waals surface area contributed by atoms with Crippen LogP contribution in [0, 0.1) is 27.7 Å². The van der Waals surface area contributed by atoms with Crippen molar-refractivity contribution in [2.75, 3.05) is 14.7 Å². The highest BCUT2D eigenvalue weighted by Crippen LogP contribution is 2.56. The lowest BCUT2D eigenvalue weighted by atomic mass is 9.33. The highest BCUT2D eigenvalue weighted by Gasteiger charge is 2.50. The second kappa shape index (κ2) is 29.2. The van der Waals surface area contributed by atoms with Crippen molar-refractivity contribution in [2.24, 2.45) is 0 Å². The number of nitrogens with zero attached hydrogens (tertiary/aromatic N) is 3. The molecule has 0 N–H and O–H groups in total. The zero-order valence-electron chi connectivity index (χ0n) is 66.4. The third-order valence-corrected chi connectivity index (χ3v) is 34.8. The number of rotatable bonds is 16. The molecule has 0 saturated heterocycles. The lowest BCUT2D eigenvalue weighted by Crippen LogP contribution is -2.75. The van der Waals surface area contributed by atoms with Gasteiger partial charge >= 0.3 is 0 Å². The number of fused-ring (bicyclic) bond motifs is 6. The second-order valence-corrected chi connectivity index (χ2v) is 40.1. The molecule has 0 atom stereocenters. The summed E-state index contributed by atoms with van der Waals surface area (Å²) in [5, 5.41) is 10.5.